The van der Waals surface area contributed by atoms with E-state index in [1.54, 1.807) is 0 Å². The third-order valence-corrected chi connectivity index (χ3v) is 1.75. The van der Waals surface area contributed by atoms with Crippen LogP contribution in [0.1, 0.15) is 41.0 Å². The molecule has 2 atom stereocenters. The van der Waals surface area contributed by atoms with Crippen molar-refractivity contribution in [2.45, 2.75) is 58.3 Å². The summed E-state index contributed by atoms with van der Waals surface area (Å²) in [7, 11) is 0. The number of carboxylic acid groups (broad SMARTS) is 1. The van der Waals surface area contributed by atoms with Gasteiger partial charge in [0.05, 0.1) is 11.7 Å². The Labute approximate surface area is 85.4 Å². The lowest BCUT2D eigenvalue weighted by atomic mass is 9.96. The molecular weight excluding hydrogens is 182 g/mol. The number of nitrogens with two attached hydrogens (primary N) is 1. The van der Waals surface area contributed by atoms with Gasteiger partial charge >= 0.3 is 5.97 Å². The normalized spacial score (nSPS) is 18.7. The van der Waals surface area contributed by atoms with Gasteiger partial charge in [0.1, 0.15) is 5.54 Å². The molecule has 0 saturated heterocycles. The van der Waals surface area contributed by atoms with Gasteiger partial charge in [0.15, 0.2) is 0 Å². The van der Waals surface area contributed by atoms with Gasteiger partial charge in [-0.15, -0.1) is 0 Å². The van der Waals surface area contributed by atoms with Crippen molar-refractivity contribution < 1.29 is 14.6 Å². The van der Waals surface area contributed by atoms with Gasteiger partial charge < -0.3 is 15.6 Å². The van der Waals surface area contributed by atoms with Crippen molar-refractivity contribution in [2.75, 3.05) is 0 Å². The van der Waals surface area contributed by atoms with Crippen LogP contribution in [0, 0.1) is 0 Å². The Morgan fingerprint density at radius 3 is 2.14 bits per heavy atom. The van der Waals surface area contributed by atoms with Gasteiger partial charge in [0.2, 0.25) is 0 Å². The second-order valence-electron chi connectivity index (χ2n) is 4.97. The van der Waals surface area contributed by atoms with Crippen LogP contribution in [0.2, 0.25) is 0 Å². The van der Waals surface area contributed by atoms with Gasteiger partial charge in [-0.1, -0.05) is 0 Å². The molecule has 14 heavy (non-hydrogen) atoms. The largest absolute Gasteiger partial charge is 0.480 e. The molecule has 0 rings (SSSR count). The molecule has 0 aromatic carbocycles. The van der Waals surface area contributed by atoms with Crippen LogP contribution in [0.15, 0.2) is 0 Å². The fourth-order valence-corrected chi connectivity index (χ4v) is 1.33. The van der Waals surface area contributed by atoms with E-state index in [1.165, 1.54) is 6.92 Å². The van der Waals surface area contributed by atoms with E-state index < -0.39 is 11.5 Å². The summed E-state index contributed by atoms with van der Waals surface area (Å²) in [6.07, 6.45) is 0.140. The summed E-state index contributed by atoms with van der Waals surface area (Å²) in [5, 5.41) is 8.81. The standard InChI is InChI=1S/C10H21NO3/c1-7(14-9(2,3)4)6-10(5,11)8(12)13/h7H,6,11H2,1-5H3,(H,12,13). The van der Waals surface area contributed by atoms with Gasteiger partial charge in [0, 0.05) is 6.42 Å². The van der Waals surface area contributed by atoms with Crippen molar-refractivity contribution in [1.82, 2.24) is 0 Å². The average Bonchev–Trinajstić information content (AvgIpc) is 1.79. The van der Waals surface area contributed by atoms with E-state index in [-0.39, 0.29) is 11.7 Å². The Bertz CT molecular complexity index is 206. The fraction of sp³-hybridized carbons (Fsp3) is 0.900. The maximum atomic E-state index is 10.7. The van der Waals surface area contributed by atoms with E-state index in [0.717, 1.165) is 0 Å². The molecule has 0 aliphatic rings. The van der Waals surface area contributed by atoms with E-state index in [4.69, 9.17) is 15.6 Å². The van der Waals surface area contributed by atoms with Crippen molar-refractivity contribution in [3.63, 3.8) is 0 Å². The van der Waals surface area contributed by atoms with E-state index >= 15 is 0 Å². The second-order valence-corrected chi connectivity index (χ2v) is 4.97. The van der Waals surface area contributed by atoms with Crippen molar-refractivity contribution >= 4 is 5.97 Å². The number of hydrogen-bond donors (Lipinski definition) is 2. The Balaban J connectivity index is 4.19. The molecule has 84 valence electrons. The second kappa shape index (κ2) is 4.28. The topological polar surface area (TPSA) is 72.6 Å². The van der Waals surface area contributed by atoms with Crippen molar-refractivity contribution in [3.8, 4) is 0 Å². The van der Waals surface area contributed by atoms with Gasteiger partial charge in [0.25, 0.3) is 0 Å². The van der Waals surface area contributed by atoms with Gasteiger partial charge in [-0.2, -0.15) is 0 Å². The summed E-state index contributed by atoms with van der Waals surface area (Å²) in [5.41, 5.74) is 4.11. The van der Waals surface area contributed by atoms with E-state index in [9.17, 15) is 4.79 Å². The molecular formula is C10H21NO3. The van der Waals surface area contributed by atoms with Crippen molar-refractivity contribution in [2.24, 2.45) is 5.73 Å². The molecule has 0 bridgehead atoms. The third kappa shape index (κ3) is 5.19. The molecule has 0 aliphatic carbocycles. The Hall–Kier alpha value is -0.610. The highest BCUT2D eigenvalue weighted by Crippen LogP contribution is 2.17. The summed E-state index contributed by atoms with van der Waals surface area (Å²) >= 11 is 0. The zero-order valence-electron chi connectivity index (χ0n) is 9.63. The summed E-state index contributed by atoms with van der Waals surface area (Å²) in [5.74, 6) is -0.998. The molecule has 0 amide bonds. The lowest BCUT2D eigenvalue weighted by molar-refractivity contribution is -0.145. The first-order valence-electron chi connectivity index (χ1n) is 4.75. The molecule has 3 N–H and O–H groups in total. The number of carbonyl (C=O) groups is 1. The smallest absolute Gasteiger partial charge is 0.323 e. The average molecular weight is 203 g/mol. The Morgan fingerprint density at radius 1 is 1.43 bits per heavy atom. The maximum absolute atomic E-state index is 10.7. The van der Waals surface area contributed by atoms with Gasteiger partial charge in [-0.05, 0) is 34.6 Å². The molecule has 0 fully saturated rings. The quantitative estimate of drug-likeness (QED) is 0.724. The van der Waals surface area contributed by atoms with Gasteiger partial charge in [-0.25, -0.2) is 0 Å². The Morgan fingerprint density at radius 2 is 1.86 bits per heavy atom. The van der Waals surface area contributed by atoms with Crippen LogP contribution in [-0.4, -0.2) is 28.3 Å². The predicted octanol–water partition coefficient (Wildman–Crippen LogP) is 1.38. The molecule has 0 saturated carbocycles. The lowest BCUT2D eigenvalue weighted by Gasteiger charge is -2.29. The van der Waals surface area contributed by atoms with Crippen LogP contribution in [0.25, 0.3) is 0 Å². The highest BCUT2D eigenvalue weighted by Gasteiger charge is 2.31. The van der Waals surface area contributed by atoms with E-state index in [2.05, 4.69) is 0 Å². The number of ether oxygens (including phenoxy) is 1. The first-order chi connectivity index (χ1) is 6.04. The summed E-state index contributed by atoms with van der Waals surface area (Å²) in [6, 6.07) is 0. The molecule has 4 nitrogen and oxygen atoms in total. The van der Waals surface area contributed by atoms with Crippen LogP contribution in [0.4, 0.5) is 0 Å². The highest BCUT2D eigenvalue weighted by atomic mass is 16.5. The highest BCUT2D eigenvalue weighted by molar-refractivity contribution is 5.77. The SMILES string of the molecule is CC(CC(C)(N)C(=O)O)OC(C)(C)C. The fourth-order valence-electron chi connectivity index (χ4n) is 1.33. The monoisotopic (exact) mass is 203 g/mol. The zero-order valence-corrected chi connectivity index (χ0v) is 9.63. The minimum absolute atomic E-state index is 0.166. The van der Waals surface area contributed by atoms with Crippen LogP contribution in [-0.2, 0) is 9.53 Å². The van der Waals surface area contributed by atoms with Crippen LogP contribution >= 0.6 is 0 Å². The first kappa shape index (κ1) is 13.4. The molecule has 0 heterocycles. The number of carboxylic acids is 1. The number of rotatable bonds is 4. The summed E-state index contributed by atoms with van der Waals surface area (Å²) in [4.78, 5) is 10.7. The molecule has 0 aliphatic heterocycles. The van der Waals surface area contributed by atoms with Crippen LogP contribution in [0.5, 0.6) is 0 Å². The molecule has 2 unspecified atom stereocenters. The van der Waals surface area contributed by atoms with Crippen LogP contribution < -0.4 is 5.73 Å². The molecule has 0 aromatic heterocycles. The lowest BCUT2D eigenvalue weighted by Crippen LogP contribution is -2.48. The predicted molar refractivity (Wildman–Crippen MR) is 55.1 cm³/mol. The number of hydrogen-bond acceptors (Lipinski definition) is 3. The summed E-state index contributed by atoms with van der Waals surface area (Å²) in [6.45, 7) is 9.12. The number of aliphatic carboxylic acids is 1. The van der Waals surface area contributed by atoms with Crippen LogP contribution in [0.3, 0.4) is 0 Å². The minimum atomic E-state index is -1.22. The van der Waals surface area contributed by atoms with E-state index in [1.807, 2.05) is 27.7 Å². The molecule has 0 spiro atoms. The van der Waals surface area contributed by atoms with Crippen molar-refractivity contribution in [3.05, 3.63) is 0 Å². The van der Waals surface area contributed by atoms with Crippen molar-refractivity contribution in [1.29, 1.82) is 0 Å². The van der Waals surface area contributed by atoms with Gasteiger partial charge in [-0.3, -0.25) is 4.79 Å². The maximum Gasteiger partial charge on any atom is 0.323 e. The third-order valence-electron chi connectivity index (χ3n) is 1.75. The van der Waals surface area contributed by atoms with E-state index in [0.29, 0.717) is 6.42 Å². The summed E-state index contributed by atoms with van der Waals surface area (Å²) < 4.78 is 5.58. The first-order valence-corrected chi connectivity index (χ1v) is 4.75. The molecule has 0 aromatic rings. The Kier molecular flexibility index (Phi) is 4.09. The molecule has 4 heteroatoms. The zero-order chi connectivity index (χ0) is 11.6. The molecule has 0 radical (unpaired) electrons. The minimum Gasteiger partial charge on any atom is -0.480 e.